The monoisotopic (exact) mass is 248 g/mol. The molecule has 4 nitrogen and oxygen atoms in total. The Hall–Kier alpha value is -1.49. The van der Waals surface area contributed by atoms with E-state index in [1.165, 1.54) is 0 Å². The van der Waals surface area contributed by atoms with Gasteiger partial charge in [0.1, 0.15) is 0 Å². The summed E-state index contributed by atoms with van der Waals surface area (Å²) in [5, 5.41) is 0.684. The summed E-state index contributed by atoms with van der Waals surface area (Å²) in [4.78, 5) is 8.27. The fraction of sp³-hybridized carbons (Fsp3) is 0.167. The molecule has 1 heterocycles. The minimum Gasteiger partial charge on any atom is -0.271 e. The highest BCUT2D eigenvalue weighted by molar-refractivity contribution is 6.30. The Kier molecular flexibility index (Phi) is 3.68. The highest BCUT2D eigenvalue weighted by Gasteiger charge is 2.14. The average Bonchev–Trinajstić information content (AvgIpc) is 2.30. The van der Waals surface area contributed by atoms with Crippen LogP contribution in [0.15, 0.2) is 36.8 Å². The van der Waals surface area contributed by atoms with Crippen LogP contribution in [0, 0.1) is 6.92 Å². The number of halogens is 1. The van der Waals surface area contributed by atoms with E-state index in [-0.39, 0.29) is 6.04 Å². The summed E-state index contributed by atoms with van der Waals surface area (Å²) in [6, 6.07) is 5.58. The minimum atomic E-state index is -0.207. The van der Waals surface area contributed by atoms with Gasteiger partial charge >= 0.3 is 0 Å². The van der Waals surface area contributed by atoms with E-state index in [9.17, 15) is 0 Å². The normalized spacial score (nSPS) is 12.4. The Balaban J connectivity index is 2.42. The Morgan fingerprint density at radius 1 is 1.29 bits per heavy atom. The first-order valence-corrected chi connectivity index (χ1v) is 5.57. The van der Waals surface area contributed by atoms with E-state index in [1.807, 2.05) is 25.1 Å². The van der Waals surface area contributed by atoms with Gasteiger partial charge in [0.05, 0.1) is 17.9 Å². The topological polar surface area (TPSA) is 63.8 Å². The van der Waals surface area contributed by atoms with E-state index in [2.05, 4.69) is 15.4 Å². The number of aryl methyl sites for hydroxylation is 1. The van der Waals surface area contributed by atoms with Gasteiger partial charge < -0.3 is 0 Å². The van der Waals surface area contributed by atoms with Crippen LogP contribution < -0.4 is 11.3 Å². The Bertz CT molecular complexity index is 481. The molecule has 0 aliphatic carbocycles. The van der Waals surface area contributed by atoms with Crippen LogP contribution in [0.5, 0.6) is 0 Å². The Morgan fingerprint density at radius 3 is 2.71 bits per heavy atom. The molecular weight excluding hydrogens is 236 g/mol. The van der Waals surface area contributed by atoms with E-state index in [0.29, 0.717) is 5.02 Å². The number of hydrogen-bond acceptors (Lipinski definition) is 4. The zero-order chi connectivity index (χ0) is 12.3. The molecule has 1 aromatic carbocycles. The minimum absolute atomic E-state index is 0.207. The lowest BCUT2D eigenvalue weighted by Crippen LogP contribution is -2.29. The quantitative estimate of drug-likeness (QED) is 0.644. The third-order valence-electron chi connectivity index (χ3n) is 2.44. The fourth-order valence-electron chi connectivity index (χ4n) is 1.74. The van der Waals surface area contributed by atoms with Gasteiger partial charge in [0, 0.05) is 17.4 Å². The second-order valence-corrected chi connectivity index (χ2v) is 4.23. The van der Waals surface area contributed by atoms with E-state index in [4.69, 9.17) is 17.4 Å². The van der Waals surface area contributed by atoms with Crippen LogP contribution in [0.3, 0.4) is 0 Å². The first kappa shape index (κ1) is 12.0. The summed E-state index contributed by atoms with van der Waals surface area (Å²) in [7, 11) is 0. The predicted octanol–water partition coefficient (Wildman–Crippen LogP) is 1.99. The van der Waals surface area contributed by atoms with Crippen molar-refractivity contribution in [3.63, 3.8) is 0 Å². The van der Waals surface area contributed by atoms with E-state index < -0.39 is 0 Å². The van der Waals surface area contributed by atoms with Crippen LogP contribution in [0.1, 0.15) is 22.9 Å². The third-order valence-corrected chi connectivity index (χ3v) is 2.66. The molecule has 1 atom stereocenters. The maximum atomic E-state index is 6.03. The molecule has 0 saturated heterocycles. The van der Waals surface area contributed by atoms with Gasteiger partial charge in [-0.1, -0.05) is 17.7 Å². The number of nitrogens with two attached hydrogens (primary N) is 1. The second-order valence-electron chi connectivity index (χ2n) is 3.79. The maximum Gasteiger partial charge on any atom is 0.0897 e. The summed E-state index contributed by atoms with van der Waals surface area (Å²) >= 11 is 6.03. The van der Waals surface area contributed by atoms with Crippen molar-refractivity contribution in [3.05, 3.63) is 58.6 Å². The molecule has 1 aromatic heterocycles. The Labute approximate surface area is 105 Å². The molecule has 17 heavy (non-hydrogen) atoms. The largest absolute Gasteiger partial charge is 0.271 e. The standard InChI is InChI=1S/C12H13ClN4/c1-8-4-9(6-10(13)5-8)12(17-14)11-7-15-2-3-16-11/h2-7,12,17H,14H2,1H3. The number of nitrogens with one attached hydrogen (secondary N) is 1. The average molecular weight is 249 g/mol. The first-order chi connectivity index (χ1) is 8.20. The van der Waals surface area contributed by atoms with Gasteiger partial charge in [-0.3, -0.25) is 15.8 Å². The molecule has 5 heteroatoms. The molecule has 2 rings (SSSR count). The van der Waals surface area contributed by atoms with Crippen molar-refractivity contribution in [2.45, 2.75) is 13.0 Å². The van der Waals surface area contributed by atoms with Crippen molar-refractivity contribution in [1.29, 1.82) is 0 Å². The van der Waals surface area contributed by atoms with Gasteiger partial charge in [-0.25, -0.2) is 5.43 Å². The molecule has 3 N–H and O–H groups in total. The molecular formula is C12H13ClN4. The van der Waals surface area contributed by atoms with Crippen LogP contribution in [0.4, 0.5) is 0 Å². The van der Waals surface area contributed by atoms with Gasteiger partial charge in [-0.15, -0.1) is 0 Å². The van der Waals surface area contributed by atoms with Crippen LogP contribution in [0.2, 0.25) is 5.02 Å². The van der Waals surface area contributed by atoms with Crippen LogP contribution in [0.25, 0.3) is 0 Å². The summed E-state index contributed by atoms with van der Waals surface area (Å²) in [5.41, 5.74) is 5.54. The molecule has 0 amide bonds. The highest BCUT2D eigenvalue weighted by atomic mass is 35.5. The lowest BCUT2D eigenvalue weighted by Gasteiger charge is -2.16. The molecule has 0 radical (unpaired) electrons. The van der Waals surface area contributed by atoms with Crippen molar-refractivity contribution >= 4 is 11.6 Å². The maximum absolute atomic E-state index is 6.03. The Morgan fingerprint density at radius 2 is 2.12 bits per heavy atom. The molecule has 2 aromatic rings. The number of hydrogen-bond donors (Lipinski definition) is 2. The molecule has 88 valence electrons. The van der Waals surface area contributed by atoms with E-state index in [1.54, 1.807) is 18.6 Å². The van der Waals surface area contributed by atoms with E-state index >= 15 is 0 Å². The zero-order valence-corrected chi connectivity index (χ0v) is 10.1. The second kappa shape index (κ2) is 5.23. The molecule has 0 spiro atoms. The first-order valence-electron chi connectivity index (χ1n) is 5.20. The number of nitrogens with zero attached hydrogens (tertiary/aromatic N) is 2. The highest BCUT2D eigenvalue weighted by Crippen LogP contribution is 2.23. The van der Waals surface area contributed by atoms with Crippen molar-refractivity contribution < 1.29 is 0 Å². The molecule has 0 aliphatic heterocycles. The van der Waals surface area contributed by atoms with E-state index in [0.717, 1.165) is 16.8 Å². The summed E-state index contributed by atoms with van der Waals surface area (Å²) in [5.74, 6) is 5.58. The molecule has 0 fully saturated rings. The predicted molar refractivity (Wildman–Crippen MR) is 67.4 cm³/mol. The van der Waals surface area contributed by atoms with Gasteiger partial charge in [0.2, 0.25) is 0 Å². The van der Waals surface area contributed by atoms with Gasteiger partial charge in [0.15, 0.2) is 0 Å². The summed E-state index contributed by atoms with van der Waals surface area (Å²) in [6.45, 7) is 1.99. The van der Waals surface area contributed by atoms with Crippen molar-refractivity contribution in [2.75, 3.05) is 0 Å². The van der Waals surface area contributed by atoms with Crippen molar-refractivity contribution in [2.24, 2.45) is 5.84 Å². The third kappa shape index (κ3) is 2.79. The summed E-state index contributed by atoms with van der Waals surface area (Å²) < 4.78 is 0. The van der Waals surface area contributed by atoms with Gasteiger partial charge in [-0.05, 0) is 30.2 Å². The van der Waals surface area contributed by atoms with Crippen molar-refractivity contribution in [1.82, 2.24) is 15.4 Å². The number of aromatic nitrogens is 2. The number of hydrazine groups is 1. The van der Waals surface area contributed by atoms with Gasteiger partial charge in [-0.2, -0.15) is 0 Å². The van der Waals surface area contributed by atoms with Crippen LogP contribution >= 0.6 is 11.6 Å². The lowest BCUT2D eigenvalue weighted by atomic mass is 10.0. The lowest BCUT2D eigenvalue weighted by molar-refractivity contribution is 0.617. The fourth-order valence-corrected chi connectivity index (χ4v) is 2.04. The molecule has 0 saturated carbocycles. The SMILES string of the molecule is Cc1cc(Cl)cc(C(NN)c2cnccn2)c1. The summed E-state index contributed by atoms with van der Waals surface area (Å²) in [6.07, 6.45) is 4.94. The number of benzene rings is 1. The van der Waals surface area contributed by atoms with Gasteiger partial charge in [0.25, 0.3) is 0 Å². The van der Waals surface area contributed by atoms with Crippen molar-refractivity contribution in [3.8, 4) is 0 Å². The molecule has 0 aliphatic rings. The number of rotatable bonds is 3. The zero-order valence-electron chi connectivity index (χ0n) is 9.39. The smallest absolute Gasteiger partial charge is 0.0897 e. The molecule has 0 bridgehead atoms. The van der Waals surface area contributed by atoms with Crippen LogP contribution in [-0.4, -0.2) is 9.97 Å². The molecule has 1 unspecified atom stereocenters. The van der Waals surface area contributed by atoms with Crippen LogP contribution in [-0.2, 0) is 0 Å².